The van der Waals surface area contributed by atoms with Crippen LogP contribution in [0.15, 0.2) is 17.2 Å². The average molecular weight is 209 g/mol. The summed E-state index contributed by atoms with van der Waals surface area (Å²) >= 11 is 0. The molecule has 82 valence electrons. The predicted molar refractivity (Wildman–Crippen MR) is 57.1 cm³/mol. The van der Waals surface area contributed by atoms with Crippen molar-refractivity contribution in [1.29, 1.82) is 0 Å². The van der Waals surface area contributed by atoms with E-state index in [2.05, 4.69) is 10.3 Å². The highest BCUT2D eigenvalue weighted by Crippen LogP contribution is 2.33. The predicted octanol–water partition coefficient (Wildman–Crippen LogP) is 0.636. The molecule has 1 aromatic heterocycles. The SMILES string of the molecule is COCCNc1nccn(C2CC2)c1=O. The molecule has 1 fully saturated rings. The Kier molecular flexibility index (Phi) is 3.01. The number of methoxy groups -OCH3 is 1. The van der Waals surface area contributed by atoms with Crippen LogP contribution in [-0.2, 0) is 4.74 Å². The van der Waals surface area contributed by atoms with Crippen molar-refractivity contribution in [3.63, 3.8) is 0 Å². The molecule has 5 heteroatoms. The van der Waals surface area contributed by atoms with Gasteiger partial charge in [0, 0.05) is 32.1 Å². The molecule has 1 saturated carbocycles. The minimum Gasteiger partial charge on any atom is -0.383 e. The van der Waals surface area contributed by atoms with Crippen molar-refractivity contribution >= 4 is 5.82 Å². The molecule has 0 bridgehead atoms. The number of anilines is 1. The molecule has 0 saturated heterocycles. The lowest BCUT2D eigenvalue weighted by atomic mass is 10.5. The second-order valence-electron chi connectivity index (χ2n) is 3.64. The molecular weight excluding hydrogens is 194 g/mol. The number of hydrogen-bond acceptors (Lipinski definition) is 4. The van der Waals surface area contributed by atoms with Crippen molar-refractivity contribution in [1.82, 2.24) is 9.55 Å². The molecule has 1 heterocycles. The van der Waals surface area contributed by atoms with E-state index < -0.39 is 0 Å². The van der Waals surface area contributed by atoms with E-state index in [1.165, 1.54) is 0 Å². The maximum absolute atomic E-state index is 11.8. The van der Waals surface area contributed by atoms with Gasteiger partial charge in [-0.3, -0.25) is 4.79 Å². The van der Waals surface area contributed by atoms with Gasteiger partial charge in [-0.25, -0.2) is 4.98 Å². The van der Waals surface area contributed by atoms with Crippen LogP contribution in [0.5, 0.6) is 0 Å². The van der Waals surface area contributed by atoms with Crippen molar-refractivity contribution in [3.05, 3.63) is 22.7 Å². The van der Waals surface area contributed by atoms with Crippen LogP contribution in [0.25, 0.3) is 0 Å². The minimum absolute atomic E-state index is 0.0314. The topological polar surface area (TPSA) is 56.1 Å². The van der Waals surface area contributed by atoms with Crippen LogP contribution in [0.2, 0.25) is 0 Å². The normalized spacial score (nSPS) is 15.3. The first kappa shape index (κ1) is 10.2. The standard InChI is InChI=1S/C10H15N3O2/c1-15-7-5-12-9-10(14)13(6-4-11-9)8-2-3-8/h4,6,8H,2-3,5,7H2,1H3,(H,11,12). The van der Waals surface area contributed by atoms with Crippen LogP contribution >= 0.6 is 0 Å². The van der Waals surface area contributed by atoms with Crippen LogP contribution in [0.1, 0.15) is 18.9 Å². The van der Waals surface area contributed by atoms with E-state index in [9.17, 15) is 4.79 Å². The Morgan fingerprint density at radius 2 is 2.47 bits per heavy atom. The highest BCUT2D eigenvalue weighted by atomic mass is 16.5. The third-order valence-corrected chi connectivity index (χ3v) is 2.41. The Morgan fingerprint density at radius 1 is 1.67 bits per heavy atom. The van der Waals surface area contributed by atoms with E-state index in [1.54, 1.807) is 24.1 Å². The monoisotopic (exact) mass is 209 g/mol. The number of ether oxygens (including phenoxy) is 1. The summed E-state index contributed by atoms with van der Waals surface area (Å²) < 4.78 is 6.65. The van der Waals surface area contributed by atoms with Gasteiger partial charge in [-0.1, -0.05) is 0 Å². The van der Waals surface area contributed by atoms with Gasteiger partial charge in [-0.05, 0) is 12.8 Å². The van der Waals surface area contributed by atoms with Crippen molar-refractivity contribution in [2.24, 2.45) is 0 Å². The van der Waals surface area contributed by atoms with Crippen LogP contribution in [0.3, 0.4) is 0 Å². The van der Waals surface area contributed by atoms with E-state index in [4.69, 9.17) is 4.74 Å². The van der Waals surface area contributed by atoms with Gasteiger partial charge in [-0.15, -0.1) is 0 Å². The summed E-state index contributed by atoms with van der Waals surface area (Å²) in [4.78, 5) is 15.9. The van der Waals surface area contributed by atoms with Gasteiger partial charge in [0.25, 0.3) is 5.56 Å². The number of hydrogen-bond donors (Lipinski definition) is 1. The van der Waals surface area contributed by atoms with Crippen LogP contribution in [0, 0.1) is 0 Å². The average Bonchev–Trinajstić information content (AvgIpc) is 3.05. The van der Waals surface area contributed by atoms with Crippen molar-refractivity contribution < 1.29 is 4.74 Å². The largest absolute Gasteiger partial charge is 0.383 e. The van der Waals surface area contributed by atoms with Crippen molar-refractivity contribution in [2.75, 3.05) is 25.6 Å². The Hall–Kier alpha value is -1.36. The molecule has 0 amide bonds. The Labute approximate surface area is 88.1 Å². The van der Waals surface area contributed by atoms with Crippen LogP contribution in [-0.4, -0.2) is 29.8 Å². The number of aromatic nitrogens is 2. The summed E-state index contributed by atoms with van der Waals surface area (Å²) in [6.07, 6.45) is 5.61. The van der Waals surface area contributed by atoms with Crippen LogP contribution in [0.4, 0.5) is 5.82 Å². The number of nitrogens with zero attached hydrogens (tertiary/aromatic N) is 2. The van der Waals surface area contributed by atoms with E-state index in [-0.39, 0.29) is 5.56 Å². The second-order valence-corrected chi connectivity index (χ2v) is 3.64. The summed E-state index contributed by atoms with van der Waals surface area (Å²) in [5, 5.41) is 2.97. The lowest BCUT2D eigenvalue weighted by Gasteiger charge is -2.07. The highest BCUT2D eigenvalue weighted by Gasteiger charge is 2.25. The first-order chi connectivity index (χ1) is 7.33. The van der Waals surface area contributed by atoms with Gasteiger partial charge in [0.1, 0.15) is 0 Å². The smallest absolute Gasteiger partial charge is 0.293 e. The molecule has 1 aliphatic rings. The first-order valence-corrected chi connectivity index (χ1v) is 5.13. The molecule has 1 aromatic rings. The molecule has 0 radical (unpaired) electrons. The summed E-state index contributed by atoms with van der Waals surface area (Å²) in [5.74, 6) is 0.418. The molecular formula is C10H15N3O2. The molecule has 0 aromatic carbocycles. The summed E-state index contributed by atoms with van der Waals surface area (Å²) in [6.45, 7) is 1.17. The quantitative estimate of drug-likeness (QED) is 0.723. The second kappa shape index (κ2) is 4.44. The number of rotatable bonds is 5. The maximum atomic E-state index is 11.8. The Bertz CT molecular complexity index is 384. The minimum atomic E-state index is -0.0314. The lowest BCUT2D eigenvalue weighted by Crippen LogP contribution is -2.24. The fourth-order valence-corrected chi connectivity index (χ4v) is 1.46. The highest BCUT2D eigenvalue weighted by molar-refractivity contribution is 5.31. The molecule has 0 spiro atoms. The van der Waals surface area contributed by atoms with E-state index in [0.29, 0.717) is 25.0 Å². The van der Waals surface area contributed by atoms with Gasteiger partial charge in [0.2, 0.25) is 0 Å². The van der Waals surface area contributed by atoms with Crippen LogP contribution < -0.4 is 10.9 Å². The molecule has 0 unspecified atom stereocenters. The molecule has 0 atom stereocenters. The zero-order valence-electron chi connectivity index (χ0n) is 8.77. The van der Waals surface area contributed by atoms with Gasteiger partial charge >= 0.3 is 0 Å². The fraction of sp³-hybridized carbons (Fsp3) is 0.600. The zero-order chi connectivity index (χ0) is 10.7. The van der Waals surface area contributed by atoms with Gasteiger partial charge in [0.05, 0.1) is 6.61 Å². The van der Waals surface area contributed by atoms with Crippen molar-refractivity contribution in [3.8, 4) is 0 Å². The van der Waals surface area contributed by atoms with Crippen molar-refractivity contribution in [2.45, 2.75) is 18.9 Å². The number of nitrogens with one attached hydrogen (secondary N) is 1. The molecule has 0 aliphatic heterocycles. The summed E-state index contributed by atoms with van der Waals surface area (Å²) in [7, 11) is 1.63. The molecule has 1 aliphatic carbocycles. The Balaban J connectivity index is 2.09. The lowest BCUT2D eigenvalue weighted by molar-refractivity contribution is 0.210. The third-order valence-electron chi connectivity index (χ3n) is 2.41. The van der Waals surface area contributed by atoms with E-state index in [0.717, 1.165) is 12.8 Å². The fourth-order valence-electron chi connectivity index (χ4n) is 1.46. The van der Waals surface area contributed by atoms with E-state index in [1.807, 2.05) is 0 Å². The maximum Gasteiger partial charge on any atom is 0.293 e. The molecule has 5 nitrogen and oxygen atoms in total. The third kappa shape index (κ3) is 2.36. The molecule has 2 rings (SSSR count). The summed E-state index contributed by atoms with van der Waals surface area (Å²) in [5.41, 5.74) is -0.0314. The summed E-state index contributed by atoms with van der Waals surface area (Å²) in [6, 6.07) is 0.392. The Morgan fingerprint density at radius 3 is 3.13 bits per heavy atom. The first-order valence-electron chi connectivity index (χ1n) is 5.13. The molecule has 1 N–H and O–H groups in total. The molecule has 15 heavy (non-hydrogen) atoms. The zero-order valence-corrected chi connectivity index (χ0v) is 8.77. The van der Waals surface area contributed by atoms with Gasteiger partial charge in [0.15, 0.2) is 5.82 Å². The van der Waals surface area contributed by atoms with E-state index >= 15 is 0 Å². The van der Waals surface area contributed by atoms with Gasteiger partial charge in [-0.2, -0.15) is 0 Å². The van der Waals surface area contributed by atoms with Gasteiger partial charge < -0.3 is 14.6 Å².